The SMILES string of the molecule is CC1CCC(C(Cl)Cc2ccc(Br)cc2)CC1. The summed E-state index contributed by atoms with van der Waals surface area (Å²) in [6.45, 7) is 2.36. The summed E-state index contributed by atoms with van der Waals surface area (Å²) in [6, 6.07) is 8.54. The Morgan fingerprint density at radius 3 is 2.35 bits per heavy atom. The molecule has 0 N–H and O–H groups in total. The van der Waals surface area contributed by atoms with Gasteiger partial charge in [-0.25, -0.2) is 0 Å². The third-order valence-corrected chi connectivity index (χ3v) is 4.96. The quantitative estimate of drug-likeness (QED) is 0.653. The molecule has 0 aromatic heterocycles. The molecule has 1 atom stereocenters. The lowest BCUT2D eigenvalue weighted by molar-refractivity contribution is 0.281. The maximum Gasteiger partial charge on any atom is 0.0404 e. The molecule has 0 bridgehead atoms. The Morgan fingerprint density at radius 1 is 1.18 bits per heavy atom. The van der Waals surface area contributed by atoms with Gasteiger partial charge in [0.05, 0.1) is 0 Å². The molecule has 1 aliphatic carbocycles. The zero-order chi connectivity index (χ0) is 12.3. The van der Waals surface area contributed by atoms with Gasteiger partial charge in [-0.15, -0.1) is 11.6 Å². The van der Waals surface area contributed by atoms with Gasteiger partial charge in [0.1, 0.15) is 0 Å². The Balaban J connectivity index is 1.88. The van der Waals surface area contributed by atoms with Crippen molar-refractivity contribution in [3.63, 3.8) is 0 Å². The van der Waals surface area contributed by atoms with Gasteiger partial charge in [0.2, 0.25) is 0 Å². The summed E-state index contributed by atoms with van der Waals surface area (Å²) < 4.78 is 1.14. The predicted molar refractivity (Wildman–Crippen MR) is 78.6 cm³/mol. The monoisotopic (exact) mass is 314 g/mol. The number of rotatable bonds is 3. The Morgan fingerprint density at radius 2 is 1.76 bits per heavy atom. The molecule has 17 heavy (non-hydrogen) atoms. The van der Waals surface area contributed by atoms with Gasteiger partial charge >= 0.3 is 0 Å². The van der Waals surface area contributed by atoms with Crippen molar-refractivity contribution in [1.29, 1.82) is 0 Å². The van der Waals surface area contributed by atoms with E-state index >= 15 is 0 Å². The van der Waals surface area contributed by atoms with Gasteiger partial charge in [-0.1, -0.05) is 47.8 Å². The zero-order valence-corrected chi connectivity index (χ0v) is 12.7. The summed E-state index contributed by atoms with van der Waals surface area (Å²) in [5.41, 5.74) is 1.35. The van der Waals surface area contributed by atoms with Crippen molar-refractivity contribution in [2.45, 2.75) is 44.4 Å². The Hall–Kier alpha value is -0.0100. The molecular formula is C15H20BrCl. The summed E-state index contributed by atoms with van der Waals surface area (Å²) in [5.74, 6) is 1.62. The van der Waals surface area contributed by atoms with Crippen LogP contribution in [-0.2, 0) is 6.42 Å². The van der Waals surface area contributed by atoms with Gasteiger partial charge < -0.3 is 0 Å². The van der Waals surface area contributed by atoms with E-state index in [9.17, 15) is 0 Å². The third-order valence-electron chi connectivity index (χ3n) is 3.92. The standard InChI is InChI=1S/C15H20BrCl/c1-11-2-6-13(7-3-11)15(17)10-12-4-8-14(16)9-5-12/h4-5,8-9,11,13,15H,2-3,6-7,10H2,1H3. The number of hydrogen-bond donors (Lipinski definition) is 0. The third kappa shape index (κ3) is 3.99. The molecule has 0 aliphatic heterocycles. The van der Waals surface area contributed by atoms with E-state index in [-0.39, 0.29) is 0 Å². The molecule has 0 amide bonds. The summed E-state index contributed by atoms with van der Waals surface area (Å²) in [7, 11) is 0. The first-order chi connectivity index (χ1) is 8.15. The second-order valence-electron chi connectivity index (χ2n) is 5.37. The Labute approximate surface area is 118 Å². The van der Waals surface area contributed by atoms with Crippen LogP contribution in [0.4, 0.5) is 0 Å². The van der Waals surface area contributed by atoms with E-state index in [2.05, 4.69) is 47.1 Å². The van der Waals surface area contributed by atoms with Crippen LogP contribution in [0.5, 0.6) is 0 Å². The molecule has 0 saturated heterocycles. The van der Waals surface area contributed by atoms with Crippen LogP contribution >= 0.6 is 27.5 Å². The molecule has 0 spiro atoms. The van der Waals surface area contributed by atoms with Crippen LogP contribution in [0, 0.1) is 11.8 Å². The van der Waals surface area contributed by atoms with E-state index in [1.807, 2.05) is 0 Å². The Kier molecular flexibility index (Phi) is 4.93. The predicted octanol–water partition coefficient (Wildman–Crippen LogP) is 5.43. The van der Waals surface area contributed by atoms with E-state index in [0.29, 0.717) is 5.38 Å². The molecule has 1 unspecified atom stereocenters. The number of alkyl halides is 1. The molecule has 0 nitrogen and oxygen atoms in total. The van der Waals surface area contributed by atoms with E-state index in [4.69, 9.17) is 11.6 Å². The van der Waals surface area contributed by atoms with E-state index in [1.165, 1.54) is 31.2 Å². The number of hydrogen-bond acceptors (Lipinski definition) is 0. The largest absolute Gasteiger partial charge is 0.122 e. The van der Waals surface area contributed by atoms with Gasteiger partial charge in [-0.2, -0.15) is 0 Å². The highest BCUT2D eigenvalue weighted by Crippen LogP contribution is 2.33. The number of halogens is 2. The lowest BCUT2D eigenvalue weighted by Crippen LogP contribution is -2.22. The van der Waals surface area contributed by atoms with E-state index in [0.717, 1.165) is 22.7 Å². The van der Waals surface area contributed by atoms with Crippen molar-refractivity contribution in [2.24, 2.45) is 11.8 Å². The molecule has 94 valence electrons. The highest BCUT2D eigenvalue weighted by Gasteiger charge is 2.24. The van der Waals surface area contributed by atoms with Crippen molar-refractivity contribution in [3.05, 3.63) is 34.3 Å². The van der Waals surface area contributed by atoms with Gasteiger partial charge in [-0.3, -0.25) is 0 Å². The van der Waals surface area contributed by atoms with E-state index in [1.54, 1.807) is 0 Å². The molecule has 1 aliphatic rings. The van der Waals surface area contributed by atoms with Crippen molar-refractivity contribution in [1.82, 2.24) is 0 Å². The molecule has 1 aromatic rings. The van der Waals surface area contributed by atoms with Crippen LogP contribution in [0.2, 0.25) is 0 Å². The first kappa shape index (κ1) is 13.4. The fraction of sp³-hybridized carbons (Fsp3) is 0.600. The Bertz CT molecular complexity index is 338. The summed E-state index contributed by atoms with van der Waals surface area (Å²) >= 11 is 10.0. The van der Waals surface area contributed by atoms with Crippen molar-refractivity contribution >= 4 is 27.5 Å². The maximum atomic E-state index is 6.57. The van der Waals surface area contributed by atoms with Crippen LogP contribution in [0.3, 0.4) is 0 Å². The van der Waals surface area contributed by atoms with Crippen molar-refractivity contribution in [3.8, 4) is 0 Å². The van der Waals surface area contributed by atoms with Crippen LogP contribution in [-0.4, -0.2) is 5.38 Å². The molecule has 2 heteroatoms. The minimum atomic E-state index is 0.309. The summed E-state index contributed by atoms with van der Waals surface area (Å²) in [4.78, 5) is 0. The van der Waals surface area contributed by atoms with E-state index < -0.39 is 0 Å². The minimum absolute atomic E-state index is 0.309. The molecule has 1 saturated carbocycles. The van der Waals surface area contributed by atoms with Gasteiger partial charge in [0.15, 0.2) is 0 Å². The van der Waals surface area contributed by atoms with Crippen LogP contribution in [0.15, 0.2) is 28.7 Å². The highest BCUT2D eigenvalue weighted by atomic mass is 79.9. The lowest BCUT2D eigenvalue weighted by atomic mass is 9.80. The maximum absolute atomic E-state index is 6.57. The highest BCUT2D eigenvalue weighted by molar-refractivity contribution is 9.10. The minimum Gasteiger partial charge on any atom is -0.122 e. The smallest absolute Gasteiger partial charge is 0.0404 e. The summed E-state index contributed by atoms with van der Waals surface area (Å²) in [5, 5.41) is 0.309. The second kappa shape index (κ2) is 6.24. The molecular weight excluding hydrogens is 296 g/mol. The normalized spacial score (nSPS) is 26.8. The first-order valence-corrected chi connectivity index (χ1v) is 7.76. The van der Waals surface area contributed by atoms with Gasteiger partial charge in [-0.05, 0) is 48.8 Å². The molecule has 2 rings (SSSR count). The van der Waals surface area contributed by atoms with Crippen LogP contribution in [0.25, 0.3) is 0 Å². The van der Waals surface area contributed by atoms with Crippen LogP contribution in [0.1, 0.15) is 38.2 Å². The fourth-order valence-electron chi connectivity index (χ4n) is 2.66. The van der Waals surface area contributed by atoms with Gasteiger partial charge in [0.25, 0.3) is 0 Å². The molecule has 1 fully saturated rings. The lowest BCUT2D eigenvalue weighted by Gasteiger charge is -2.29. The first-order valence-electron chi connectivity index (χ1n) is 6.53. The summed E-state index contributed by atoms with van der Waals surface area (Å²) in [6.07, 6.45) is 6.34. The average molecular weight is 316 g/mol. The average Bonchev–Trinajstić information content (AvgIpc) is 2.33. The number of benzene rings is 1. The fourth-order valence-corrected chi connectivity index (χ4v) is 3.35. The van der Waals surface area contributed by atoms with Crippen molar-refractivity contribution < 1.29 is 0 Å². The van der Waals surface area contributed by atoms with Crippen molar-refractivity contribution in [2.75, 3.05) is 0 Å². The molecule has 0 radical (unpaired) electrons. The molecule has 0 heterocycles. The topological polar surface area (TPSA) is 0 Å². The second-order valence-corrected chi connectivity index (χ2v) is 6.84. The zero-order valence-electron chi connectivity index (χ0n) is 10.3. The molecule has 1 aromatic carbocycles. The van der Waals surface area contributed by atoms with Crippen LogP contribution < -0.4 is 0 Å². The van der Waals surface area contributed by atoms with Gasteiger partial charge in [0, 0.05) is 9.85 Å².